The molecule has 1 aromatic carbocycles. The number of ether oxygens (including phenoxy) is 1. The third kappa shape index (κ3) is 5.34. The third-order valence-electron chi connectivity index (χ3n) is 2.25. The van der Waals surface area contributed by atoms with Crippen LogP contribution in [0.4, 0.5) is 4.79 Å². The fourth-order valence-electron chi connectivity index (χ4n) is 1.29. The lowest BCUT2D eigenvalue weighted by Gasteiger charge is -2.10. The van der Waals surface area contributed by atoms with Crippen LogP contribution in [0.25, 0.3) is 0 Å². The highest BCUT2D eigenvalue weighted by molar-refractivity contribution is 5.84. The molecule has 0 aromatic heterocycles. The molecule has 0 radical (unpaired) electrons. The number of urea groups is 1. The molecule has 3 N–H and O–H groups in total. The summed E-state index contributed by atoms with van der Waals surface area (Å²) < 4.78 is 5.67. The molecule has 0 fully saturated rings. The number of rotatable bonds is 6. The van der Waals surface area contributed by atoms with Crippen molar-refractivity contribution >= 4 is 12.2 Å². The van der Waals surface area contributed by atoms with Crippen molar-refractivity contribution in [1.82, 2.24) is 5.43 Å². The van der Waals surface area contributed by atoms with Crippen LogP contribution in [-0.4, -0.2) is 18.9 Å². The lowest BCUT2D eigenvalue weighted by Crippen LogP contribution is -2.24. The minimum atomic E-state index is -0.690. The average molecular weight is 249 g/mol. The monoisotopic (exact) mass is 249 g/mol. The summed E-state index contributed by atoms with van der Waals surface area (Å²) in [5, 5.41) is 3.72. The highest BCUT2D eigenvalue weighted by atomic mass is 16.5. The lowest BCUT2D eigenvalue weighted by molar-refractivity contribution is 0.249. The molecule has 0 bridgehead atoms. The van der Waals surface area contributed by atoms with E-state index in [4.69, 9.17) is 10.5 Å². The van der Waals surface area contributed by atoms with Crippen molar-refractivity contribution in [3.8, 4) is 5.75 Å². The summed E-state index contributed by atoms with van der Waals surface area (Å²) in [5.41, 5.74) is 7.86. The van der Waals surface area contributed by atoms with Gasteiger partial charge in [0, 0.05) is 5.56 Å². The zero-order valence-corrected chi connectivity index (χ0v) is 10.7. The van der Waals surface area contributed by atoms with Gasteiger partial charge in [-0.3, -0.25) is 0 Å². The molecule has 98 valence electrons. The Bertz CT molecular complexity index is 416. The van der Waals surface area contributed by atoms with E-state index >= 15 is 0 Å². The Kier molecular flexibility index (Phi) is 5.70. The number of hydrogen-bond donors (Lipinski definition) is 2. The van der Waals surface area contributed by atoms with Gasteiger partial charge < -0.3 is 10.5 Å². The Morgan fingerprint density at radius 2 is 2.22 bits per heavy atom. The average Bonchev–Trinajstić information content (AvgIpc) is 2.30. The molecule has 0 saturated carbocycles. The molecular formula is C13H19N3O2. The van der Waals surface area contributed by atoms with Crippen LogP contribution in [-0.2, 0) is 0 Å². The van der Waals surface area contributed by atoms with Gasteiger partial charge in [-0.25, -0.2) is 10.2 Å². The van der Waals surface area contributed by atoms with Gasteiger partial charge in [0.15, 0.2) is 0 Å². The van der Waals surface area contributed by atoms with Crippen LogP contribution >= 0.6 is 0 Å². The van der Waals surface area contributed by atoms with Gasteiger partial charge in [-0.15, -0.1) is 0 Å². The van der Waals surface area contributed by atoms with E-state index < -0.39 is 6.03 Å². The maximum absolute atomic E-state index is 10.5. The summed E-state index contributed by atoms with van der Waals surface area (Å²) in [4.78, 5) is 10.5. The summed E-state index contributed by atoms with van der Waals surface area (Å²) in [6, 6.07) is 6.80. The zero-order chi connectivity index (χ0) is 13.4. The second-order valence-electron chi connectivity index (χ2n) is 4.30. The van der Waals surface area contributed by atoms with Crippen molar-refractivity contribution in [3.05, 3.63) is 29.8 Å². The van der Waals surface area contributed by atoms with Gasteiger partial charge in [0.1, 0.15) is 5.75 Å². The Balaban J connectivity index is 2.61. The molecule has 2 amide bonds. The molecule has 1 aromatic rings. The number of carbonyl (C=O) groups excluding carboxylic acids is 1. The van der Waals surface area contributed by atoms with Crippen molar-refractivity contribution in [2.45, 2.75) is 20.3 Å². The summed E-state index contributed by atoms with van der Waals surface area (Å²) >= 11 is 0. The second kappa shape index (κ2) is 7.32. The molecule has 0 atom stereocenters. The van der Waals surface area contributed by atoms with E-state index in [-0.39, 0.29) is 0 Å². The van der Waals surface area contributed by atoms with E-state index in [0.717, 1.165) is 17.7 Å². The maximum atomic E-state index is 10.5. The molecule has 0 spiro atoms. The normalized spacial score (nSPS) is 10.8. The van der Waals surface area contributed by atoms with Crippen LogP contribution < -0.4 is 15.9 Å². The number of nitrogens with zero attached hydrogens (tertiary/aromatic N) is 1. The summed E-state index contributed by atoms with van der Waals surface area (Å²) in [6.07, 6.45) is 2.50. The van der Waals surface area contributed by atoms with Gasteiger partial charge in [0.2, 0.25) is 0 Å². The first-order valence-corrected chi connectivity index (χ1v) is 5.90. The van der Waals surface area contributed by atoms with Crippen LogP contribution in [0.5, 0.6) is 5.75 Å². The first-order valence-electron chi connectivity index (χ1n) is 5.90. The highest BCUT2D eigenvalue weighted by Crippen LogP contribution is 2.16. The van der Waals surface area contributed by atoms with Crippen molar-refractivity contribution in [3.63, 3.8) is 0 Å². The minimum absolute atomic E-state index is 0.599. The highest BCUT2D eigenvalue weighted by Gasteiger charge is 2.01. The molecule has 0 aliphatic rings. The Morgan fingerprint density at radius 3 is 2.89 bits per heavy atom. The van der Waals surface area contributed by atoms with Gasteiger partial charge in [0.25, 0.3) is 0 Å². The number of hydrogen-bond acceptors (Lipinski definition) is 3. The van der Waals surface area contributed by atoms with Crippen molar-refractivity contribution in [1.29, 1.82) is 0 Å². The van der Waals surface area contributed by atoms with Crippen LogP contribution in [0.15, 0.2) is 29.4 Å². The van der Waals surface area contributed by atoms with Crippen LogP contribution in [0.1, 0.15) is 25.8 Å². The molecule has 18 heavy (non-hydrogen) atoms. The molecular weight excluding hydrogens is 230 g/mol. The standard InChI is InChI=1S/C13H19N3O2/c1-10(2)7-8-18-12-6-4-3-5-11(12)9-15-16-13(14)17/h3-6,9-10H,7-8H2,1-2H3,(H3,14,16,17). The molecule has 5 nitrogen and oxygen atoms in total. The van der Waals surface area contributed by atoms with Gasteiger partial charge in [0.05, 0.1) is 12.8 Å². The fraction of sp³-hybridized carbons (Fsp3) is 0.385. The Morgan fingerprint density at radius 1 is 1.50 bits per heavy atom. The SMILES string of the molecule is CC(C)CCOc1ccccc1C=NNC(N)=O. The molecule has 0 aliphatic heterocycles. The first-order chi connectivity index (χ1) is 8.59. The Hall–Kier alpha value is -2.04. The molecule has 0 unspecified atom stereocenters. The quantitative estimate of drug-likeness (QED) is 0.598. The zero-order valence-electron chi connectivity index (χ0n) is 10.7. The predicted molar refractivity (Wildman–Crippen MR) is 71.7 cm³/mol. The van der Waals surface area contributed by atoms with E-state index in [2.05, 4.69) is 24.4 Å². The van der Waals surface area contributed by atoms with Crippen LogP contribution in [0, 0.1) is 5.92 Å². The third-order valence-corrected chi connectivity index (χ3v) is 2.25. The number of primary amides is 1. The molecule has 0 saturated heterocycles. The fourth-order valence-corrected chi connectivity index (χ4v) is 1.29. The van der Waals surface area contributed by atoms with Crippen molar-refractivity contribution < 1.29 is 9.53 Å². The van der Waals surface area contributed by atoms with Crippen molar-refractivity contribution in [2.24, 2.45) is 16.8 Å². The summed E-state index contributed by atoms with van der Waals surface area (Å²) in [7, 11) is 0. The summed E-state index contributed by atoms with van der Waals surface area (Å²) in [5.74, 6) is 1.34. The first kappa shape index (κ1) is 14.0. The molecule has 0 aliphatic carbocycles. The topological polar surface area (TPSA) is 76.7 Å². The number of hydrazone groups is 1. The van der Waals surface area contributed by atoms with Gasteiger partial charge in [-0.05, 0) is 24.5 Å². The van der Waals surface area contributed by atoms with E-state index in [1.165, 1.54) is 6.21 Å². The van der Waals surface area contributed by atoms with Crippen LogP contribution in [0.2, 0.25) is 0 Å². The van der Waals surface area contributed by atoms with Crippen LogP contribution in [0.3, 0.4) is 0 Å². The number of carbonyl (C=O) groups is 1. The summed E-state index contributed by atoms with van der Waals surface area (Å²) in [6.45, 7) is 4.95. The van der Waals surface area contributed by atoms with Gasteiger partial charge in [-0.2, -0.15) is 5.10 Å². The number of amides is 2. The molecule has 0 heterocycles. The van der Waals surface area contributed by atoms with E-state index in [9.17, 15) is 4.79 Å². The second-order valence-corrected chi connectivity index (χ2v) is 4.30. The molecule has 5 heteroatoms. The van der Waals surface area contributed by atoms with Gasteiger partial charge in [-0.1, -0.05) is 26.0 Å². The van der Waals surface area contributed by atoms with Gasteiger partial charge >= 0.3 is 6.03 Å². The number of nitrogens with two attached hydrogens (primary N) is 1. The largest absolute Gasteiger partial charge is 0.493 e. The van der Waals surface area contributed by atoms with E-state index in [0.29, 0.717) is 12.5 Å². The smallest absolute Gasteiger partial charge is 0.332 e. The number of para-hydroxylation sites is 1. The predicted octanol–water partition coefficient (Wildman–Crippen LogP) is 2.11. The minimum Gasteiger partial charge on any atom is -0.493 e. The van der Waals surface area contributed by atoms with E-state index in [1.54, 1.807) is 0 Å². The van der Waals surface area contributed by atoms with E-state index in [1.807, 2.05) is 24.3 Å². The Labute approximate surface area is 107 Å². The molecule has 1 rings (SSSR count). The maximum Gasteiger partial charge on any atom is 0.332 e. The lowest BCUT2D eigenvalue weighted by atomic mass is 10.1. The van der Waals surface area contributed by atoms with Crippen molar-refractivity contribution in [2.75, 3.05) is 6.61 Å². The number of benzene rings is 1. The number of nitrogens with one attached hydrogen (secondary N) is 1.